The molecule has 2 atom stereocenters. The molecule has 1 amide bonds. The van der Waals surface area contributed by atoms with E-state index < -0.39 is 6.43 Å². The van der Waals surface area contributed by atoms with Gasteiger partial charge < -0.3 is 24.4 Å². The highest BCUT2D eigenvalue weighted by atomic mass is 19.3. The fraction of sp³-hybridized carbons (Fsp3) is 0.513. The number of alkyl halides is 2. The van der Waals surface area contributed by atoms with Crippen LogP contribution in [-0.2, 0) is 4.79 Å². The molecule has 1 aliphatic carbocycles. The third-order valence-corrected chi connectivity index (χ3v) is 8.92. The van der Waals surface area contributed by atoms with Crippen LogP contribution in [0.2, 0.25) is 0 Å². The SMILES string of the molecule is CC.COc1ccc(C2CC(=O)N(CCCCCNCCC(Oc3ccc(C(F)F)cc3)c3ccccc3)C2)cc1OC1CCCC1. The first-order valence-corrected chi connectivity index (χ1v) is 17.4. The second kappa shape index (κ2) is 19.2. The fourth-order valence-corrected chi connectivity index (χ4v) is 6.34. The summed E-state index contributed by atoms with van der Waals surface area (Å²) in [6.07, 6.45) is 6.51. The molecule has 8 heteroatoms. The molecule has 3 aromatic rings. The van der Waals surface area contributed by atoms with Gasteiger partial charge in [0.1, 0.15) is 11.9 Å². The molecule has 0 radical (unpaired) electrons. The number of halogens is 2. The number of carbonyl (C=O) groups is 1. The van der Waals surface area contributed by atoms with Crippen LogP contribution >= 0.6 is 0 Å². The minimum atomic E-state index is -2.49. The zero-order valence-electron chi connectivity index (χ0n) is 28.3. The van der Waals surface area contributed by atoms with E-state index in [1.54, 1.807) is 19.2 Å². The standard InChI is InChI=1S/C37H46F2N2O4.C2H6/c1-43-34-19-16-29(24-35(34)45-31-12-6-7-13-31)30-25-36(42)41(26-30)23-9-3-8-21-40-22-20-33(27-10-4-2-5-11-27)44-32-17-14-28(15-18-32)37(38)39;1-2/h2,4-5,10-11,14-19,24,30-31,33,37,40H,3,6-9,12-13,20-23,25-26H2,1H3;1-2H3. The molecule has 47 heavy (non-hydrogen) atoms. The van der Waals surface area contributed by atoms with Crippen molar-refractivity contribution in [2.45, 2.75) is 96.2 Å². The second-order valence-corrected chi connectivity index (χ2v) is 12.2. The van der Waals surface area contributed by atoms with Gasteiger partial charge in [0.2, 0.25) is 5.91 Å². The first-order valence-electron chi connectivity index (χ1n) is 17.4. The number of methoxy groups -OCH3 is 1. The van der Waals surface area contributed by atoms with E-state index in [0.717, 1.165) is 87.3 Å². The first-order chi connectivity index (χ1) is 23.0. The van der Waals surface area contributed by atoms with Crippen LogP contribution in [0.1, 0.15) is 107 Å². The maximum Gasteiger partial charge on any atom is 0.263 e. The Hall–Kier alpha value is -3.65. The van der Waals surface area contributed by atoms with E-state index in [0.29, 0.717) is 12.2 Å². The summed E-state index contributed by atoms with van der Waals surface area (Å²) < 4.78 is 43.9. The Labute approximate surface area is 279 Å². The smallest absolute Gasteiger partial charge is 0.263 e. The summed E-state index contributed by atoms with van der Waals surface area (Å²) in [6, 6.07) is 22.2. The van der Waals surface area contributed by atoms with Crippen LogP contribution < -0.4 is 19.5 Å². The molecule has 1 heterocycles. The Morgan fingerprint density at radius 2 is 1.62 bits per heavy atom. The monoisotopic (exact) mass is 650 g/mol. The normalized spacial score (nSPS) is 17.0. The number of likely N-dealkylation sites (tertiary alicyclic amines) is 1. The maximum absolute atomic E-state index is 12.9. The van der Waals surface area contributed by atoms with Crippen LogP contribution in [0, 0.1) is 0 Å². The summed E-state index contributed by atoms with van der Waals surface area (Å²) in [7, 11) is 1.67. The lowest BCUT2D eigenvalue weighted by atomic mass is 9.98. The quantitative estimate of drug-likeness (QED) is 0.148. The van der Waals surface area contributed by atoms with Crippen LogP contribution in [0.15, 0.2) is 72.8 Å². The number of carbonyl (C=O) groups excluding carboxylic acids is 1. The van der Waals surface area contributed by atoms with E-state index in [9.17, 15) is 13.6 Å². The third-order valence-electron chi connectivity index (χ3n) is 8.92. The molecule has 0 spiro atoms. The minimum absolute atomic E-state index is 0.00936. The Kier molecular flexibility index (Phi) is 14.8. The number of hydrogen-bond acceptors (Lipinski definition) is 5. The largest absolute Gasteiger partial charge is 0.493 e. The molecule has 1 aliphatic heterocycles. The average molecular weight is 651 g/mol. The van der Waals surface area contributed by atoms with Crippen molar-refractivity contribution in [3.63, 3.8) is 0 Å². The number of unbranched alkanes of at least 4 members (excludes halogenated alkanes) is 2. The van der Waals surface area contributed by atoms with Gasteiger partial charge in [-0.15, -0.1) is 0 Å². The molecular weight excluding hydrogens is 598 g/mol. The predicted octanol–water partition coefficient (Wildman–Crippen LogP) is 9.27. The maximum atomic E-state index is 12.9. The summed E-state index contributed by atoms with van der Waals surface area (Å²) in [6.45, 7) is 7.19. The summed E-state index contributed by atoms with van der Waals surface area (Å²) in [4.78, 5) is 14.8. The van der Waals surface area contributed by atoms with Gasteiger partial charge >= 0.3 is 0 Å². The molecule has 2 aliphatic rings. The average Bonchev–Trinajstić information content (AvgIpc) is 3.76. The van der Waals surface area contributed by atoms with Gasteiger partial charge in [-0.05, 0) is 99.1 Å². The Balaban J connectivity index is 0.00000245. The van der Waals surface area contributed by atoms with Gasteiger partial charge in [-0.2, -0.15) is 0 Å². The number of hydrogen-bond donors (Lipinski definition) is 1. The molecule has 1 saturated heterocycles. The molecule has 256 valence electrons. The highest BCUT2D eigenvalue weighted by Gasteiger charge is 2.31. The van der Waals surface area contributed by atoms with E-state index in [1.165, 1.54) is 25.0 Å². The van der Waals surface area contributed by atoms with Gasteiger partial charge in [0.05, 0.1) is 13.2 Å². The van der Waals surface area contributed by atoms with Crippen molar-refractivity contribution < 1.29 is 27.8 Å². The van der Waals surface area contributed by atoms with E-state index in [2.05, 4.69) is 17.4 Å². The lowest BCUT2D eigenvalue weighted by molar-refractivity contribution is -0.127. The molecule has 0 aromatic heterocycles. The zero-order valence-corrected chi connectivity index (χ0v) is 28.3. The molecule has 1 N–H and O–H groups in total. The molecule has 2 unspecified atom stereocenters. The van der Waals surface area contributed by atoms with Gasteiger partial charge in [-0.3, -0.25) is 4.79 Å². The van der Waals surface area contributed by atoms with Crippen molar-refractivity contribution in [1.82, 2.24) is 10.2 Å². The zero-order chi connectivity index (χ0) is 33.4. The van der Waals surface area contributed by atoms with Crippen molar-refractivity contribution in [3.05, 3.63) is 89.5 Å². The highest BCUT2D eigenvalue weighted by molar-refractivity contribution is 5.79. The van der Waals surface area contributed by atoms with E-state index in [-0.39, 0.29) is 29.6 Å². The minimum Gasteiger partial charge on any atom is -0.493 e. The van der Waals surface area contributed by atoms with Crippen LogP contribution in [0.3, 0.4) is 0 Å². The number of nitrogens with one attached hydrogen (secondary N) is 1. The lowest BCUT2D eigenvalue weighted by Crippen LogP contribution is -2.26. The van der Waals surface area contributed by atoms with Crippen molar-refractivity contribution >= 4 is 5.91 Å². The van der Waals surface area contributed by atoms with E-state index in [4.69, 9.17) is 14.2 Å². The topological polar surface area (TPSA) is 60.0 Å². The lowest BCUT2D eigenvalue weighted by Gasteiger charge is -2.20. The summed E-state index contributed by atoms with van der Waals surface area (Å²) in [5.74, 6) is 2.54. The summed E-state index contributed by atoms with van der Waals surface area (Å²) in [5, 5.41) is 3.52. The van der Waals surface area contributed by atoms with Crippen LogP contribution in [0.4, 0.5) is 8.78 Å². The van der Waals surface area contributed by atoms with Crippen molar-refractivity contribution in [2.24, 2.45) is 0 Å². The van der Waals surface area contributed by atoms with Crippen molar-refractivity contribution in [1.29, 1.82) is 0 Å². The Morgan fingerprint density at radius 3 is 2.32 bits per heavy atom. The van der Waals surface area contributed by atoms with Crippen LogP contribution in [0.25, 0.3) is 0 Å². The molecular formula is C39H52F2N2O4. The van der Waals surface area contributed by atoms with Gasteiger partial charge in [0.15, 0.2) is 11.5 Å². The Bertz CT molecular complexity index is 1330. The summed E-state index contributed by atoms with van der Waals surface area (Å²) >= 11 is 0. The second-order valence-electron chi connectivity index (χ2n) is 12.2. The van der Waals surface area contributed by atoms with E-state index in [1.807, 2.05) is 55.1 Å². The van der Waals surface area contributed by atoms with Gasteiger partial charge in [-0.25, -0.2) is 8.78 Å². The first kappa shape index (κ1) is 36.2. The van der Waals surface area contributed by atoms with Gasteiger partial charge in [-0.1, -0.05) is 56.7 Å². The molecule has 5 rings (SSSR count). The highest BCUT2D eigenvalue weighted by Crippen LogP contribution is 2.37. The van der Waals surface area contributed by atoms with Gasteiger partial charge in [0, 0.05) is 37.4 Å². The van der Waals surface area contributed by atoms with Crippen molar-refractivity contribution in [2.75, 3.05) is 33.3 Å². The molecule has 2 fully saturated rings. The fourth-order valence-electron chi connectivity index (χ4n) is 6.34. The number of benzene rings is 3. The van der Waals surface area contributed by atoms with Crippen molar-refractivity contribution in [3.8, 4) is 17.2 Å². The number of nitrogens with zero attached hydrogens (tertiary/aromatic N) is 1. The van der Waals surface area contributed by atoms with Crippen LogP contribution in [0.5, 0.6) is 17.2 Å². The predicted molar refractivity (Wildman–Crippen MR) is 184 cm³/mol. The van der Waals surface area contributed by atoms with E-state index >= 15 is 0 Å². The Morgan fingerprint density at radius 1 is 0.872 bits per heavy atom. The number of ether oxygens (including phenoxy) is 3. The molecule has 1 saturated carbocycles. The number of amides is 1. The number of rotatable bonds is 17. The molecule has 6 nitrogen and oxygen atoms in total. The third kappa shape index (κ3) is 11.0. The molecule has 3 aromatic carbocycles. The van der Waals surface area contributed by atoms with Gasteiger partial charge in [0.25, 0.3) is 6.43 Å². The van der Waals surface area contributed by atoms with Crippen LogP contribution in [-0.4, -0.2) is 50.2 Å². The summed E-state index contributed by atoms with van der Waals surface area (Å²) in [5.41, 5.74) is 2.19. The molecule has 0 bridgehead atoms.